The Morgan fingerprint density at radius 1 is 1.26 bits per heavy atom. The average Bonchev–Trinajstić information content (AvgIpc) is 3.15. The first-order valence-corrected chi connectivity index (χ1v) is 10.9. The predicted molar refractivity (Wildman–Crippen MR) is 101 cm³/mol. The highest BCUT2D eigenvalue weighted by Gasteiger charge is 2.32. The maximum atomic E-state index is 13.5. The number of piperidine rings is 1. The molecule has 0 N–H and O–H groups in total. The van der Waals surface area contributed by atoms with Crippen LogP contribution in [0.3, 0.4) is 0 Å². The number of carbonyl (C=O) groups excluding carboxylic acids is 1. The molecule has 2 aromatic rings. The smallest absolute Gasteiger partial charge is 0.222 e. The number of sulfone groups is 1. The number of aryl methyl sites for hydroxylation is 1. The molecule has 0 aliphatic carbocycles. The molecular weight excluding hydrogens is 393 g/mol. The van der Waals surface area contributed by atoms with Crippen molar-refractivity contribution < 1.29 is 22.0 Å². The third-order valence-electron chi connectivity index (χ3n) is 4.84. The number of benzene rings is 1. The molecule has 0 atom stereocenters. The summed E-state index contributed by atoms with van der Waals surface area (Å²) >= 11 is 5.65. The Balaban J connectivity index is 1.49. The van der Waals surface area contributed by atoms with Crippen molar-refractivity contribution >= 4 is 27.3 Å². The van der Waals surface area contributed by atoms with Crippen LogP contribution in [0.2, 0.25) is 5.02 Å². The summed E-state index contributed by atoms with van der Waals surface area (Å²) in [4.78, 5) is 14.1. The summed E-state index contributed by atoms with van der Waals surface area (Å²) in [6.07, 6.45) is 2.97. The van der Waals surface area contributed by atoms with Crippen LogP contribution in [0.4, 0.5) is 4.39 Å². The van der Waals surface area contributed by atoms with Gasteiger partial charge in [0.25, 0.3) is 0 Å². The fourth-order valence-electron chi connectivity index (χ4n) is 3.28. The molecule has 1 saturated heterocycles. The van der Waals surface area contributed by atoms with Crippen molar-refractivity contribution in [2.24, 2.45) is 0 Å². The number of carbonyl (C=O) groups is 1. The fraction of sp³-hybridized carbons (Fsp3) is 0.421. The van der Waals surface area contributed by atoms with Crippen molar-refractivity contribution in [2.45, 2.75) is 36.7 Å². The summed E-state index contributed by atoms with van der Waals surface area (Å²) in [6.45, 7) is 0.825. The standard InChI is InChI=1S/C19H21ClFNO4S/c20-17-5-3-14(12-18(17)21)4-6-19(23)22-9-7-16(8-10-22)27(24,25)13-15-2-1-11-26-15/h1-3,5,11-12,16H,4,6-10,13H2. The summed E-state index contributed by atoms with van der Waals surface area (Å²) in [5.74, 6) is -0.221. The Labute approximate surface area is 163 Å². The highest BCUT2D eigenvalue weighted by molar-refractivity contribution is 7.91. The Bertz CT molecular complexity index is 890. The van der Waals surface area contributed by atoms with Gasteiger partial charge in [0, 0.05) is 19.5 Å². The largest absolute Gasteiger partial charge is 0.468 e. The third-order valence-corrected chi connectivity index (χ3v) is 7.32. The third kappa shape index (κ3) is 5.11. The van der Waals surface area contributed by atoms with Crippen LogP contribution in [0.5, 0.6) is 0 Å². The zero-order valence-electron chi connectivity index (χ0n) is 14.7. The van der Waals surface area contributed by atoms with Crippen molar-refractivity contribution in [2.75, 3.05) is 13.1 Å². The maximum absolute atomic E-state index is 13.5. The van der Waals surface area contributed by atoms with Gasteiger partial charge in [0.15, 0.2) is 9.84 Å². The highest BCUT2D eigenvalue weighted by Crippen LogP contribution is 2.23. The minimum absolute atomic E-state index is 0.0489. The predicted octanol–water partition coefficient (Wildman–Crippen LogP) is 3.61. The molecule has 0 saturated carbocycles. The van der Waals surface area contributed by atoms with Crippen molar-refractivity contribution in [3.8, 4) is 0 Å². The molecule has 8 heteroatoms. The van der Waals surface area contributed by atoms with Crippen molar-refractivity contribution in [3.05, 3.63) is 58.8 Å². The van der Waals surface area contributed by atoms with Crippen LogP contribution < -0.4 is 0 Å². The fourth-order valence-corrected chi connectivity index (χ4v) is 5.12. The molecule has 1 aromatic carbocycles. The monoisotopic (exact) mass is 413 g/mol. The minimum atomic E-state index is -3.31. The van der Waals surface area contributed by atoms with Crippen LogP contribution in [0.25, 0.3) is 0 Å². The summed E-state index contributed by atoms with van der Waals surface area (Å²) in [5.41, 5.74) is 0.709. The van der Waals surface area contributed by atoms with Gasteiger partial charge in [-0.05, 0) is 49.1 Å². The van der Waals surface area contributed by atoms with Crippen LogP contribution in [0, 0.1) is 5.82 Å². The van der Waals surface area contributed by atoms with Gasteiger partial charge in [-0.1, -0.05) is 17.7 Å². The Morgan fingerprint density at radius 2 is 2.00 bits per heavy atom. The zero-order chi connectivity index (χ0) is 19.4. The average molecular weight is 414 g/mol. The Morgan fingerprint density at radius 3 is 2.63 bits per heavy atom. The Kier molecular flexibility index (Phi) is 6.22. The van der Waals surface area contributed by atoms with E-state index in [1.807, 2.05) is 0 Å². The molecule has 1 amide bonds. The second-order valence-corrected chi connectivity index (χ2v) is 9.40. The first kappa shape index (κ1) is 19.9. The molecule has 0 bridgehead atoms. The molecule has 146 valence electrons. The number of likely N-dealkylation sites (tertiary alicyclic amines) is 1. The summed E-state index contributed by atoms with van der Waals surface area (Å²) in [5, 5.41) is -0.403. The van der Waals surface area contributed by atoms with E-state index in [1.54, 1.807) is 23.1 Å². The second kappa shape index (κ2) is 8.44. The van der Waals surface area contributed by atoms with E-state index in [4.69, 9.17) is 16.0 Å². The number of halogens is 2. The lowest BCUT2D eigenvalue weighted by Crippen LogP contribution is -2.42. The van der Waals surface area contributed by atoms with Gasteiger partial charge in [0.1, 0.15) is 17.3 Å². The van der Waals surface area contributed by atoms with Gasteiger partial charge >= 0.3 is 0 Å². The van der Waals surface area contributed by atoms with E-state index in [0.717, 1.165) is 0 Å². The molecular formula is C19H21ClFNO4S. The lowest BCUT2D eigenvalue weighted by Gasteiger charge is -2.31. The number of hydrogen-bond donors (Lipinski definition) is 0. The molecule has 3 rings (SSSR count). The number of nitrogens with zero attached hydrogens (tertiary/aromatic N) is 1. The molecule has 1 aromatic heterocycles. The number of amides is 1. The van der Waals surface area contributed by atoms with Crippen LogP contribution in [-0.4, -0.2) is 37.6 Å². The Hall–Kier alpha value is -1.86. The molecule has 1 aliphatic heterocycles. The van der Waals surface area contributed by atoms with Crippen LogP contribution in [0.15, 0.2) is 41.0 Å². The van der Waals surface area contributed by atoms with Gasteiger partial charge in [-0.25, -0.2) is 12.8 Å². The van der Waals surface area contributed by atoms with E-state index in [1.165, 1.54) is 18.4 Å². The van der Waals surface area contributed by atoms with Crippen LogP contribution in [-0.2, 0) is 26.8 Å². The van der Waals surface area contributed by atoms with Crippen molar-refractivity contribution in [3.63, 3.8) is 0 Å². The topological polar surface area (TPSA) is 67.6 Å². The molecule has 0 spiro atoms. The summed E-state index contributed by atoms with van der Waals surface area (Å²) < 4.78 is 43.6. The van der Waals surface area contributed by atoms with E-state index >= 15 is 0 Å². The number of rotatable bonds is 6. The molecule has 5 nitrogen and oxygen atoms in total. The molecule has 2 heterocycles. The molecule has 1 fully saturated rings. The van der Waals surface area contributed by atoms with Crippen molar-refractivity contribution in [1.82, 2.24) is 4.90 Å². The number of furan rings is 1. The van der Waals surface area contributed by atoms with Crippen LogP contribution in [0.1, 0.15) is 30.6 Å². The summed E-state index contributed by atoms with van der Waals surface area (Å²) in [7, 11) is -3.31. The van der Waals surface area contributed by atoms with E-state index in [0.29, 0.717) is 43.7 Å². The molecule has 0 unspecified atom stereocenters. The van der Waals surface area contributed by atoms with E-state index in [2.05, 4.69) is 0 Å². The number of hydrogen-bond acceptors (Lipinski definition) is 4. The van der Waals surface area contributed by atoms with Crippen molar-refractivity contribution in [1.29, 1.82) is 0 Å². The van der Waals surface area contributed by atoms with Gasteiger partial charge in [-0.3, -0.25) is 4.79 Å². The SMILES string of the molecule is O=C(CCc1ccc(Cl)c(F)c1)N1CCC(S(=O)(=O)Cc2ccco2)CC1. The normalized spacial score (nSPS) is 15.9. The molecule has 0 radical (unpaired) electrons. The first-order valence-electron chi connectivity index (χ1n) is 8.81. The van der Waals surface area contributed by atoms with Gasteiger partial charge < -0.3 is 9.32 Å². The van der Waals surface area contributed by atoms with Gasteiger partial charge in [-0.2, -0.15) is 0 Å². The maximum Gasteiger partial charge on any atom is 0.222 e. The quantitative estimate of drug-likeness (QED) is 0.725. The van der Waals surface area contributed by atoms with Crippen LogP contribution >= 0.6 is 11.6 Å². The van der Waals surface area contributed by atoms with Gasteiger partial charge in [0.2, 0.25) is 5.91 Å². The lowest BCUT2D eigenvalue weighted by atomic mass is 10.1. The second-order valence-electron chi connectivity index (χ2n) is 6.72. The zero-order valence-corrected chi connectivity index (χ0v) is 16.3. The van der Waals surface area contributed by atoms with Gasteiger partial charge in [0.05, 0.1) is 16.5 Å². The summed E-state index contributed by atoms with van der Waals surface area (Å²) in [6, 6.07) is 7.83. The van der Waals surface area contributed by atoms with E-state index in [9.17, 15) is 17.6 Å². The van der Waals surface area contributed by atoms with E-state index in [-0.39, 0.29) is 23.1 Å². The minimum Gasteiger partial charge on any atom is -0.468 e. The first-order chi connectivity index (χ1) is 12.8. The van der Waals surface area contributed by atoms with Gasteiger partial charge in [-0.15, -0.1) is 0 Å². The lowest BCUT2D eigenvalue weighted by molar-refractivity contribution is -0.132. The molecule has 27 heavy (non-hydrogen) atoms. The molecule has 1 aliphatic rings. The van der Waals surface area contributed by atoms with E-state index < -0.39 is 20.9 Å². The highest BCUT2D eigenvalue weighted by atomic mass is 35.5.